The summed E-state index contributed by atoms with van der Waals surface area (Å²) in [5.74, 6) is 3.42. The minimum absolute atomic E-state index is 0. The number of nitrogens with zero attached hydrogens (tertiary/aromatic N) is 8. The predicted octanol–water partition coefficient (Wildman–Crippen LogP) is 23.2. The molecule has 14 aromatic rings. The first-order valence-electron chi connectivity index (χ1n) is 33.0. The Morgan fingerprint density at radius 1 is 0.370 bits per heavy atom. The van der Waals surface area contributed by atoms with Crippen LogP contribution in [0.1, 0.15) is 116 Å². The molecular weight excluding hydrogens is 1590 g/mol. The van der Waals surface area contributed by atoms with Gasteiger partial charge in [0.2, 0.25) is 0 Å². The van der Waals surface area contributed by atoms with Crippen molar-refractivity contribution in [1.29, 1.82) is 0 Å². The largest absolute Gasteiger partial charge is 3.00 e. The van der Waals surface area contributed by atoms with E-state index in [0.29, 0.717) is 23.7 Å². The van der Waals surface area contributed by atoms with Gasteiger partial charge in [0.15, 0.2) is 0 Å². The molecule has 16 rings (SSSR count). The summed E-state index contributed by atoms with van der Waals surface area (Å²) >= 11 is 0. The summed E-state index contributed by atoms with van der Waals surface area (Å²) < 4.78 is 16.5. The van der Waals surface area contributed by atoms with E-state index < -0.39 is 0 Å². The third kappa shape index (κ3) is 15.8. The molecule has 0 N–H and O–H groups in total. The average molecular weight is 1670 g/mol. The van der Waals surface area contributed by atoms with Crippen LogP contribution in [0.4, 0.5) is 11.4 Å². The minimum atomic E-state index is 0. The molecule has 508 valence electrons. The molecule has 10 nitrogen and oxygen atoms in total. The van der Waals surface area contributed by atoms with Crippen LogP contribution in [-0.4, -0.2) is 43.0 Å². The minimum Gasteiger partial charge on any atom is -0.514 e. The van der Waals surface area contributed by atoms with Gasteiger partial charge in [-0.25, -0.2) is 0 Å². The topological polar surface area (TPSA) is 74.9 Å². The molecule has 100 heavy (non-hydrogen) atoms. The van der Waals surface area contributed by atoms with Crippen LogP contribution in [0.3, 0.4) is 0 Å². The number of hydrogen-bond donors (Lipinski definition) is 0. The smallest absolute Gasteiger partial charge is 0.514 e. The van der Waals surface area contributed by atoms with Gasteiger partial charge < -0.3 is 37.6 Å². The number of rotatable bonds is 12. The summed E-state index contributed by atoms with van der Waals surface area (Å²) in [5, 5.41) is 4.54. The van der Waals surface area contributed by atoms with Gasteiger partial charge in [0, 0.05) is 58.1 Å². The molecule has 0 radical (unpaired) electrons. The first-order valence-corrected chi connectivity index (χ1v) is 33.0. The maximum absolute atomic E-state index is 5.99. The summed E-state index contributed by atoms with van der Waals surface area (Å²) in [5.41, 5.74) is 20.4. The summed E-state index contributed by atoms with van der Waals surface area (Å²) in [6.07, 6.45) is 15.9. The summed E-state index contributed by atoms with van der Waals surface area (Å²) in [4.78, 5) is 17.4. The van der Waals surface area contributed by atoms with Crippen LogP contribution in [0.25, 0.3) is 100 Å². The Morgan fingerprint density at radius 3 is 1.05 bits per heavy atom. The van der Waals surface area contributed by atoms with Crippen LogP contribution in [0.5, 0.6) is 0 Å². The second-order valence-corrected chi connectivity index (χ2v) is 25.5. The molecule has 0 amide bonds. The first-order chi connectivity index (χ1) is 46.8. The number of benzene rings is 10. The molecule has 0 unspecified atom stereocenters. The SMILES string of the molecule is C.C.CC(C)c1cc(-c2ccccc2)cc(C(C)C)c1-n1ccnc1-c1[c-]cccc1.CC(C)c1cc(-c2ccccc2)cc(C(C)C)c1-n1ccnc1-c1[c-]cccc1.CN1C=CN(c2[c-]ccc3c2oc2ccccc23)[CH-]1.CN1C=CN(c2[c-]ccc3c2oc2ccccc23)[CH-]1.[Ir+3].[Ir+3]. The molecule has 0 atom stereocenters. The van der Waals surface area contributed by atoms with Gasteiger partial charge in [-0.3, -0.25) is 9.97 Å². The Kier molecular flexibility index (Phi) is 24.8. The maximum atomic E-state index is 5.99. The Balaban J connectivity index is 0.000000156. The molecule has 6 heterocycles. The zero-order valence-corrected chi connectivity index (χ0v) is 61.6. The van der Waals surface area contributed by atoms with E-state index in [9.17, 15) is 0 Å². The van der Waals surface area contributed by atoms with Crippen LogP contribution in [0.15, 0.2) is 265 Å². The second kappa shape index (κ2) is 33.4. The standard InChI is InChI=1S/2C27H27N2.2C16H12N2O.2CH4.2Ir/c2*1-19(2)24-17-23(21-11-7-5-8-12-21)18-25(20(3)4)26(24)29-16-15-28-27(29)22-13-9-6-10-14-22;2*1-17-9-10-18(11-17)14-7-4-6-13-12-5-2-3-8-15(12)19-16(13)14;;;;/h2*5-13,15-20H,1-4H3;2*2-6,8-11H,1H3;2*1H4;;/q2*-1;2*-2;;;2*+3. The quantitative estimate of drug-likeness (QED) is 0.112. The number of anilines is 2. The van der Waals surface area contributed by atoms with E-state index in [1.54, 1.807) is 0 Å². The van der Waals surface area contributed by atoms with Gasteiger partial charge in [-0.2, -0.15) is 49.7 Å². The summed E-state index contributed by atoms with van der Waals surface area (Å²) in [6.45, 7) is 22.1. The number of furan rings is 2. The second-order valence-electron chi connectivity index (χ2n) is 25.5. The number of hydrogen-bond acceptors (Lipinski definition) is 8. The molecule has 0 spiro atoms. The molecule has 0 aliphatic carbocycles. The first kappa shape index (κ1) is 74.4. The van der Waals surface area contributed by atoms with Gasteiger partial charge in [0.05, 0.1) is 11.6 Å². The Hall–Kier alpha value is -9.80. The normalized spacial score (nSPS) is 12.3. The van der Waals surface area contributed by atoms with E-state index in [0.717, 1.165) is 78.0 Å². The third-order valence-electron chi connectivity index (χ3n) is 17.4. The van der Waals surface area contributed by atoms with Gasteiger partial charge >= 0.3 is 40.2 Å². The van der Waals surface area contributed by atoms with Crippen molar-refractivity contribution in [2.75, 3.05) is 23.9 Å². The summed E-state index contributed by atoms with van der Waals surface area (Å²) in [6, 6.07) is 84.1. The van der Waals surface area contributed by atoms with Gasteiger partial charge in [0.1, 0.15) is 11.2 Å². The van der Waals surface area contributed by atoms with E-state index >= 15 is 0 Å². The van der Waals surface area contributed by atoms with Crippen LogP contribution >= 0.6 is 0 Å². The molecule has 12 heteroatoms. The Morgan fingerprint density at radius 2 is 0.720 bits per heavy atom. The zero-order valence-electron chi connectivity index (χ0n) is 56.8. The fourth-order valence-electron chi connectivity index (χ4n) is 12.6. The fourth-order valence-corrected chi connectivity index (χ4v) is 12.6. The molecule has 4 aromatic heterocycles. The van der Waals surface area contributed by atoms with Crippen molar-refractivity contribution in [1.82, 2.24) is 28.9 Å². The van der Waals surface area contributed by atoms with Crippen LogP contribution in [0, 0.1) is 37.6 Å². The van der Waals surface area contributed by atoms with Gasteiger partial charge in [-0.15, -0.1) is 71.8 Å². The number of para-hydroxylation sites is 2. The molecule has 2 aliphatic heterocycles. The zero-order chi connectivity index (χ0) is 66.4. The van der Waals surface area contributed by atoms with E-state index in [-0.39, 0.29) is 55.1 Å². The van der Waals surface area contributed by atoms with Crippen molar-refractivity contribution < 1.29 is 49.0 Å². The van der Waals surface area contributed by atoms with Crippen molar-refractivity contribution >= 4 is 55.3 Å². The monoisotopic (exact) mass is 1670 g/mol. The molecule has 0 bridgehead atoms. The van der Waals surface area contributed by atoms with Crippen molar-refractivity contribution in [2.24, 2.45) is 0 Å². The molecular formula is C88H86Ir2N8O2. The van der Waals surface area contributed by atoms with Gasteiger partial charge in [-0.05, 0) is 143 Å². The van der Waals surface area contributed by atoms with Crippen molar-refractivity contribution in [3.05, 3.63) is 316 Å². The van der Waals surface area contributed by atoms with Crippen LogP contribution < -0.4 is 9.80 Å². The maximum Gasteiger partial charge on any atom is 3.00 e. The summed E-state index contributed by atoms with van der Waals surface area (Å²) in [7, 11) is 3.99. The molecule has 10 aromatic carbocycles. The Labute approximate surface area is 618 Å². The van der Waals surface area contributed by atoms with Crippen molar-refractivity contribution in [3.8, 4) is 56.4 Å². The van der Waals surface area contributed by atoms with Crippen molar-refractivity contribution in [3.63, 3.8) is 0 Å². The van der Waals surface area contributed by atoms with E-state index in [2.05, 4.69) is 220 Å². The molecule has 0 fully saturated rings. The van der Waals surface area contributed by atoms with E-state index in [4.69, 9.17) is 8.83 Å². The number of imidazole rings is 2. The number of fused-ring (bicyclic) bond motifs is 6. The van der Waals surface area contributed by atoms with Crippen molar-refractivity contribution in [2.45, 2.75) is 93.9 Å². The fraction of sp³-hybridized carbons (Fsp3) is 0.182. The average Bonchev–Trinajstić information content (AvgIpc) is 1.37. The molecule has 0 saturated heterocycles. The van der Waals surface area contributed by atoms with Crippen LogP contribution in [0.2, 0.25) is 0 Å². The third-order valence-corrected chi connectivity index (χ3v) is 17.4. The molecule has 2 aliphatic rings. The van der Waals surface area contributed by atoms with Crippen LogP contribution in [-0.2, 0) is 40.2 Å². The van der Waals surface area contributed by atoms with E-state index in [1.807, 2.05) is 181 Å². The van der Waals surface area contributed by atoms with Gasteiger partial charge in [0.25, 0.3) is 0 Å². The Bertz CT molecular complexity index is 4650. The predicted molar refractivity (Wildman–Crippen MR) is 409 cm³/mol. The number of aromatic nitrogens is 4. The van der Waals surface area contributed by atoms with Gasteiger partial charge in [-0.1, -0.05) is 189 Å². The van der Waals surface area contributed by atoms with E-state index in [1.165, 1.54) is 55.9 Å². The molecule has 0 saturated carbocycles.